The Hall–Kier alpha value is -2.24. The Bertz CT molecular complexity index is 768. The van der Waals surface area contributed by atoms with E-state index in [9.17, 15) is 4.79 Å². The van der Waals surface area contributed by atoms with Gasteiger partial charge in [-0.15, -0.1) is 0 Å². The Kier molecular flexibility index (Phi) is 6.01. The lowest BCUT2D eigenvalue weighted by molar-refractivity contribution is -0.122. The molecule has 0 radical (unpaired) electrons. The third-order valence-corrected chi connectivity index (χ3v) is 4.85. The van der Waals surface area contributed by atoms with Gasteiger partial charge in [0.25, 0.3) is 0 Å². The molecule has 1 heterocycles. The number of ether oxygens (including phenoxy) is 2. The maximum atomic E-state index is 12.3. The van der Waals surface area contributed by atoms with Crippen LogP contribution in [-0.2, 0) is 4.79 Å². The van der Waals surface area contributed by atoms with Gasteiger partial charge in [-0.25, -0.2) is 0 Å². The zero-order valence-electron chi connectivity index (χ0n) is 14.9. The lowest BCUT2D eigenvalue weighted by Crippen LogP contribution is -2.44. The van der Waals surface area contributed by atoms with Crippen LogP contribution in [0.3, 0.4) is 0 Å². The minimum atomic E-state index is -0.194. The molecule has 1 amide bonds. The summed E-state index contributed by atoms with van der Waals surface area (Å²) in [6.07, 6.45) is -0.194. The number of amides is 1. The highest BCUT2D eigenvalue weighted by Gasteiger charge is 2.22. The summed E-state index contributed by atoms with van der Waals surface area (Å²) < 4.78 is 11.5. The quantitative estimate of drug-likeness (QED) is 0.843. The normalized spacial score (nSPS) is 17.0. The van der Waals surface area contributed by atoms with E-state index in [0.717, 1.165) is 11.3 Å². The minimum Gasteiger partial charge on any atom is -0.486 e. The second-order valence-corrected chi connectivity index (χ2v) is 6.82. The highest BCUT2D eigenvalue weighted by Crippen LogP contribution is 2.30. The lowest BCUT2D eigenvalue weighted by atomic mass is 10.1. The first kappa shape index (κ1) is 18.5. The van der Waals surface area contributed by atoms with Crippen molar-refractivity contribution in [1.82, 2.24) is 10.2 Å². The molecule has 2 atom stereocenters. The molecule has 2 aromatic rings. The van der Waals surface area contributed by atoms with E-state index >= 15 is 0 Å². The highest BCUT2D eigenvalue weighted by atomic mass is 35.5. The van der Waals surface area contributed by atoms with Crippen molar-refractivity contribution in [1.29, 1.82) is 0 Å². The maximum Gasteiger partial charge on any atom is 0.234 e. The van der Waals surface area contributed by atoms with Crippen molar-refractivity contribution < 1.29 is 14.3 Å². The second-order valence-electron chi connectivity index (χ2n) is 6.41. The van der Waals surface area contributed by atoms with Crippen LogP contribution in [0.2, 0.25) is 5.02 Å². The molecule has 1 aliphatic heterocycles. The summed E-state index contributed by atoms with van der Waals surface area (Å²) in [4.78, 5) is 14.2. The fraction of sp³-hybridized carbons (Fsp3) is 0.350. The molecule has 1 aliphatic rings. The Balaban J connectivity index is 1.48. The highest BCUT2D eigenvalue weighted by molar-refractivity contribution is 6.31. The number of para-hydroxylation sites is 2. The van der Waals surface area contributed by atoms with Gasteiger partial charge in [-0.05, 0) is 37.7 Å². The molecule has 0 saturated carbocycles. The van der Waals surface area contributed by atoms with Gasteiger partial charge < -0.3 is 14.8 Å². The molecule has 0 bridgehead atoms. The first-order valence-corrected chi connectivity index (χ1v) is 9.02. The summed E-state index contributed by atoms with van der Waals surface area (Å²) in [7, 11) is 1.91. The monoisotopic (exact) mass is 374 g/mol. The van der Waals surface area contributed by atoms with E-state index in [1.807, 2.05) is 67.4 Å². The van der Waals surface area contributed by atoms with Crippen molar-refractivity contribution in [3.63, 3.8) is 0 Å². The number of fused-ring (bicyclic) bond motifs is 1. The van der Waals surface area contributed by atoms with Crippen LogP contribution >= 0.6 is 11.6 Å². The number of carbonyl (C=O) groups is 1. The van der Waals surface area contributed by atoms with Crippen LogP contribution in [0.5, 0.6) is 11.5 Å². The van der Waals surface area contributed by atoms with Gasteiger partial charge in [0.1, 0.15) is 12.7 Å². The molecule has 0 fully saturated rings. The molecule has 0 saturated heterocycles. The van der Waals surface area contributed by atoms with Crippen LogP contribution in [0, 0.1) is 0 Å². The average Bonchev–Trinajstić information content (AvgIpc) is 2.66. The molecule has 0 aromatic heterocycles. The molecule has 2 unspecified atom stereocenters. The van der Waals surface area contributed by atoms with Crippen molar-refractivity contribution in [3.8, 4) is 11.5 Å². The number of likely N-dealkylation sites (N-methyl/N-ethyl adjacent to an activating group) is 1. The third kappa shape index (κ3) is 4.48. The van der Waals surface area contributed by atoms with E-state index in [1.54, 1.807) is 0 Å². The first-order valence-electron chi connectivity index (χ1n) is 8.64. The maximum absolute atomic E-state index is 12.3. The standard InChI is InChI=1S/C20H23ClN2O3/c1-14(16-7-3-4-8-17(16)21)23(2)12-20(24)22-11-15-13-25-18-9-5-6-10-19(18)26-15/h3-10,14-15H,11-13H2,1-2H3,(H,22,24). The predicted octanol–water partition coefficient (Wildman–Crippen LogP) is 3.29. The Morgan fingerprint density at radius 3 is 2.69 bits per heavy atom. The minimum absolute atomic E-state index is 0.0376. The van der Waals surface area contributed by atoms with Gasteiger partial charge in [0.05, 0.1) is 13.1 Å². The fourth-order valence-corrected chi connectivity index (χ4v) is 3.16. The van der Waals surface area contributed by atoms with Gasteiger partial charge in [-0.2, -0.15) is 0 Å². The second kappa shape index (κ2) is 8.43. The molecule has 6 heteroatoms. The summed E-state index contributed by atoms with van der Waals surface area (Å²) in [5.74, 6) is 1.39. The van der Waals surface area contributed by atoms with Gasteiger partial charge in [-0.1, -0.05) is 41.9 Å². The Labute approximate surface area is 158 Å². The van der Waals surface area contributed by atoms with Gasteiger partial charge in [0.15, 0.2) is 11.5 Å². The zero-order valence-corrected chi connectivity index (χ0v) is 15.7. The van der Waals surface area contributed by atoms with E-state index in [-0.39, 0.29) is 24.6 Å². The average molecular weight is 375 g/mol. The zero-order chi connectivity index (χ0) is 18.5. The number of hydrogen-bond acceptors (Lipinski definition) is 4. The first-order chi connectivity index (χ1) is 12.5. The summed E-state index contributed by atoms with van der Waals surface area (Å²) in [6.45, 7) is 3.13. The molecule has 0 aliphatic carbocycles. The van der Waals surface area contributed by atoms with Gasteiger partial charge >= 0.3 is 0 Å². The molecular weight excluding hydrogens is 352 g/mol. The van der Waals surface area contributed by atoms with Gasteiger partial charge in [0.2, 0.25) is 5.91 Å². The van der Waals surface area contributed by atoms with Gasteiger partial charge in [-0.3, -0.25) is 9.69 Å². The SMILES string of the molecule is CC(c1ccccc1Cl)N(C)CC(=O)NCC1COc2ccccc2O1. The Morgan fingerprint density at radius 2 is 1.92 bits per heavy atom. The fourth-order valence-electron chi connectivity index (χ4n) is 2.86. The van der Waals surface area contributed by atoms with Gasteiger partial charge in [0, 0.05) is 11.1 Å². The van der Waals surface area contributed by atoms with Crippen molar-refractivity contribution in [2.24, 2.45) is 0 Å². The molecule has 2 aromatic carbocycles. The molecular formula is C20H23ClN2O3. The Morgan fingerprint density at radius 1 is 1.23 bits per heavy atom. The van der Waals surface area contributed by atoms with E-state index in [1.165, 1.54) is 0 Å². The summed E-state index contributed by atoms with van der Waals surface area (Å²) in [5.41, 5.74) is 1.00. The van der Waals surface area contributed by atoms with Crippen molar-refractivity contribution in [2.45, 2.75) is 19.1 Å². The van der Waals surface area contributed by atoms with E-state index in [4.69, 9.17) is 21.1 Å². The largest absolute Gasteiger partial charge is 0.486 e. The molecule has 5 nitrogen and oxygen atoms in total. The van der Waals surface area contributed by atoms with Crippen LogP contribution in [0.15, 0.2) is 48.5 Å². The lowest BCUT2D eigenvalue weighted by Gasteiger charge is -2.28. The van der Waals surface area contributed by atoms with E-state index < -0.39 is 0 Å². The smallest absolute Gasteiger partial charge is 0.234 e. The van der Waals surface area contributed by atoms with Crippen LogP contribution in [0.25, 0.3) is 0 Å². The van der Waals surface area contributed by atoms with E-state index in [0.29, 0.717) is 23.9 Å². The number of benzene rings is 2. The number of carbonyl (C=O) groups excluding carboxylic acids is 1. The topological polar surface area (TPSA) is 50.8 Å². The summed E-state index contributed by atoms with van der Waals surface area (Å²) >= 11 is 6.25. The van der Waals surface area contributed by atoms with Crippen molar-refractivity contribution in [2.75, 3.05) is 26.7 Å². The molecule has 3 rings (SSSR count). The summed E-state index contributed by atoms with van der Waals surface area (Å²) in [6, 6.07) is 15.3. The number of nitrogens with zero attached hydrogens (tertiary/aromatic N) is 1. The van der Waals surface area contributed by atoms with Crippen LogP contribution in [0.1, 0.15) is 18.5 Å². The van der Waals surface area contributed by atoms with Crippen LogP contribution < -0.4 is 14.8 Å². The number of rotatable bonds is 6. The number of nitrogens with one attached hydrogen (secondary N) is 1. The van der Waals surface area contributed by atoms with Crippen LogP contribution in [0.4, 0.5) is 0 Å². The number of hydrogen-bond donors (Lipinski definition) is 1. The van der Waals surface area contributed by atoms with E-state index in [2.05, 4.69) is 5.32 Å². The molecule has 1 N–H and O–H groups in total. The van der Waals surface area contributed by atoms with Crippen LogP contribution in [-0.4, -0.2) is 43.7 Å². The number of halogens is 1. The molecule has 138 valence electrons. The van der Waals surface area contributed by atoms with Crippen molar-refractivity contribution in [3.05, 3.63) is 59.1 Å². The predicted molar refractivity (Wildman–Crippen MR) is 102 cm³/mol. The third-order valence-electron chi connectivity index (χ3n) is 4.50. The molecule has 0 spiro atoms. The molecule has 26 heavy (non-hydrogen) atoms. The van der Waals surface area contributed by atoms with Crippen molar-refractivity contribution >= 4 is 17.5 Å². The summed E-state index contributed by atoms with van der Waals surface area (Å²) in [5, 5.41) is 3.62.